The summed E-state index contributed by atoms with van der Waals surface area (Å²) in [7, 11) is 1.65. The van der Waals surface area contributed by atoms with Crippen LogP contribution in [0.1, 0.15) is 32.1 Å². The van der Waals surface area contributed by atoms with Gasteiger partial charge in [-0.05, 0) is 25.7 Å². The highest BCUT2D eigenvalue weighted by Crippen LogP contribution is 2.53. The van der Waals surface area contributed by atoms with Gasteiger partial charge in [0, 0.05) is 19.0 Å². The molecular formula is C12H18N2O4. The van der Waals surface area contributed by atoms with Gasteiger partial charge in [-0.1, -0.05) is 6.42 Å². The van der Waals surface area contributed by atoms with Gasteiger partial charge in [0.25, 0.3) is 0 Å². The van der Waals surface area contributed by atoms with Crippen molar-refractivity contribution in [2.75, 3.05) is 13.6 Å². The van der Waals surface area contributed by atoms with Crippen LogP contribution in [-0.4, -0.2) is 47.0 Å². The molecule has 1 atom stereocenters. The van der Waals surface area contributed by atoms with E-state index in [1.807, 2.05) is 0 Å². The fourth-order valence-corrected chi connectivity index (χ4v) is 2.74. The second-order valence-electron chi connectivity index (χ2n) is 5.76. The van der Waals surface area contributed by atoms with Gasteiger partial charge in [0.1, 0.15) is 0 Å². The molecular weight excluding hydrogens is 236 g/mol. The monoisotopic (exact) mass is 254 g/mol. The summed E-state index contributed by atoms with van der Waals surface area (Å²) in [5.41, 5.74) is -0.253. The first-order chi connectivity index (χ1) is 8.53. The molecule has 6 nitrogen and oxygen atoms in total. The molecule has 3 rings (SSSR count). The van der Waals surface area contributed by atoms with Crippen molar-refractivity contribution < 1.29 is 19.5 Å². The molecule has 0 aromatic carbocycles. The standard InChI is InChI=1S/C12H18N2O4/c1-13-7-12(5-6-12)10(14(17)11(13)16)18-9(15)8-3-2-4-8/h8,10,17H,2-7H2,1H3. The zero-order valence-electron chi connectivity index (χ0n) is 10.5. The van der Waals surface area contributed by atoms with Crippen LogP contribution >= 0.6 is 0 Å². The first-order valence-electron chi connectivity index (χ1n) is 6.47. The van der Waals surface area contributed by atoms with Crippen molar-refractivity contribution >= 4 is 12.0 Å². The van der Waals surface area contributed by atoms with Gasteiger partial charge in [0.05, 0.1) is 5.92 Å². The van der Waals surface area contributed by atoms with Gasteiger partial charge >= 0.3 is 12.0 Å². The lowest BCUT2D eigenvalue weighted by Crippen LogP contribution is -2.59. The van der Waals surface area contributed by atoms with Crippen LogP contribution in [0.25, 0.3) is 0 Å². The SMILES string of the molecule is CN1CC2(CC2)C(OC(=O)C2CCC2)N(O)C1=O. The number of hydroxylamine groups is 2. The molecule has 1 spiro atoms. The average Bonchev–Trinajstić information content (AvgIpc) is 3.00. The van der Waals surface area contributed by atoms with Crippen LogP contribution in [0.15, 0.2) is 0 Å². The van der Waals surface area contributed by atoms with Gasteiger partial charge in [0.15, 0.2) is 0 Å². The maximum absolute atomic E-state index is 11.9. The van der Waals surface area contributed by atoms with Crippen LogP contribution in [0.5, 0.6) is 0 Å². The van der Waals surface area contributed by atoms with E-state index in [2.05, 4.69) is 0 Å². The predicted octanol–water partition coefficient (Wildman–Crippen LogP) is 1.19. The predicted molar refractivity (Wildman–Crippen MR) is 60.5 cm³/mol. The van der Waals surface area contributed by atoms with E-state index >= 15 is 0 Å². The van der Waals surface area contributed by atoms with Gasteiger partial charge in [-0.2, -0.15) is 5.06 Å². The lowest BCUT2D eigenvalue weighted by molar-refractivity contribution is -0.229. The molecule has 3 fully saturated rings. The van der Waals surface area contributed by atoms with Crippen molar-refractivity contribution in [1.82, 2.24) is 9.96 Å². The fourth-order valence-electron chi connectivity index (χ4n) is 2.74. The minimum atomic E-state index is -0.797. The molecule has 1 unspecified atom stereocenters. The number of carbonyl (C=O) groups is 2. The van der Waals surface area contributed by atoms with Crippen LogP contribution < -0.4 is 0 Å². The number of hydrogen-bond acceptors (Lipinski definition) is 4. The van der Waals surface area contributed by atoms with Crippen LogP contribution in [0.3, 0.4) is 0 Å². The van der Waals surface area contributed by atoms with E-state index < -0.39 is 12.3 Å². The van der Waals surface area contributed by atoms with Crippen LogP contribution in [0.4, 0.5) is 4.79 Å². The van der Waals surface area contributed by atoms with Crippen molar-refractivity contribution in [1.29, 1.82) is 0 Å². The highest BCUT2D eigenvalue weighted by Gasteiger charge is 2.60. The van der Waals surface area contributed by atoms with E-state index in [-0.39, 0.29) is 17.3 Å². The largest absolute Gasteiger partial charge is 0.438 e. The van der Waals surface area contributed by atoms with Crippen molar-refractivity contribution in [3.63, 3.8) is 0 Å². The van der Waals surface area contributed by atoms with E-state index in [4.69, 9.17) is 4.74 Å². The van der Waals surface area contributed by atoms with Crippen LogP contribution in [0.2, 0.25) is 0 Å². The Morgan fingerprint density at radius 2 is 2.11 bits per heavy atom. The van der Waals surface area contributed by atoms with E-state index in [1.54, 1.807) is 7.05 Å². The van der Waals surface area contributed by atoms with Crippen molar-refractivity contribution in [3.8, 4) is 0 Å². The van der Waals surface area contributed by atoms with E-state index in [9.17, 15) is 14.8 Å². The second kappa shape index (κ2) is 3.85. The molecule has 1 heterocycles. The summed E-state index contributed by atoms with van der Waals surface area (Å²) >= 11 is 0. The quantitative estimate of drug-likeness (QED) is 0.593. The van der Waals surface area contributed by atoms with Gasteiger partial charge in [-0.3, -0.25) is 10.0 Å². The van der Waals surface area contributed by atoms with Gasteiger partial charge in [0.2, 0.25) is 6.23 Å². The van der Waals surface area contributed by atoms with Gasteiger partial charge in [-0.25, -0.2) is 4.79 Å². The fraction of sp³-hybridized carbons (Fsp3) is 0.833. The molecule has 0 aromatic heterocycles. The Balaban J connectivity index is 1.72. The topological polar surface area (TPSA) is 70.1 Å². The Morgan fingerprint density at radius 1 is 1.44 bits per heavy atom. The first kappa shape index (κ1) is 11.8. The third-order valence-corrected chi connectivity index (χ3v) is 4.38. The molecule has 0 bridgehead atoms. The molecule has 3 aliphatic rings. The first-order valence-corrected chi connectivity index (χ1v) is 6.47. The minimum absolute atomic E-state index is 0.0380. The lowest BCUT2D eigenvalue weighted by Gasteiger charge is -2.41. The Morgan fingerprint density at radius 3 is 2.61 bits per heavy atom. The normalized spacial score (nSPS) is 30.3. The van der Waals surface area contributed by atoms with E-state index in [0.29, 0.717) is 11.6 Å². The smallest absolute Gasteiger partial charge is 0.346 e. The van der Waals surface area contributed by atoms with Crippen LogP contribution in [0, 0.1) is 11.3 Å². The number of ether oxygens (including phenoxy) is 1. The Kier molecular flexibility index (Phi) is 2.52. The molecule has 6 heteroatoms. The maximum atomic E-state index is 11.9. The average molecular weight is 254 g/mol. The second-order valence-corrected chi connectivity index (χ2v) is 5.76. The molecule has 1 N–H and O–H groups in total. The van der Waals surface area contributed by atoms with Gasteiger partial charge < -0.3 is 9.64 Å². The maximum Gasteiger partial charge on any atom is 0.346 e. The number of esters is 1. The van der Waals surface area contributed by atoms with Crippen LogP contribution in [-0.2, 0) is 9.53 Å². The Hall–Kier alpha value is -1.30. The molecule has 18 heavy (non-hydrogen) atoms. The molecule has 2 saturated carbocycles. The summed E-state index contributed by atoms with van der Waals surface area (Å²) in [5.74, 6) is -0.308. The zero-order valence-corrected chi connectivity index (χ0v) is 10.5. The van der Waals surface area contributed by atoms with Crippen molar-refractivity contribution in [2.45, 2.75) is 38.3 Å². The molecule has 100 valence electrons. The van der Waals surface area contributed by atoms with Crippen molar-refractivity contribution in [2.24, 2.45) is 11.3 Å². The minimum Gasteiger partial charge on any atom is -0.438 e. The Labute approximate surface area is 105 Å². The highest BCUT2D eigenvalue weighted by molar-refractivity contribution is 5.76. The summed E-state index contributed by atoms with van der Waals surface area (Å²) in [5, 5.41) is 10.5. The summed E-state index contributed by atoms with van der Waals surface area (Å²) in [4.78, 5) is 25.0. The number of urea groups is 1. The zero-order chi connectivity index (χ0) is 12.9. The molecule has 0 aromatic rings. The molecule has 1 aliphatic heterocycles. The van der Waals surface area contributed by atoms with Crippen molar-refractivity contribution in [3.05, 3.63) is 0 Å². The number of nitrogens with zero attached hydrogens (tertiary/aromatic N) is 2. The van der Waals surface area contributed by atoms with E-state index in [1.165, 1.54) is 4.90 Å². The number of rotatable bonds is 2. The Bertz CT molecular complexity index is 390. The summed E-state index contributed by atoms with van der Waals surface area (Å²) in [6, 6.07) is -0.501. The third kappa shape index (κ3) is 1.67. The summed E-state index contributed by atoms with van der Waals surface area (Å²) < 4.78 is 5.39. The third-order valence-electron chi connectivity index (χ3n) is 4.38. The summed E-state index contributed by atoms with van der Waals surface area (Å²) in [6.07, 6.45) is 3.74. The number of carbonyl (C=O) groups excluding carboxylic acids is 2. The molecule has 2 aliphatic carbocycles. The molecule has 2 amide bonds. The molecule has 0 radical (unpaired) electrons. The number of hydrogen-bond donors (Lipinski definition) is 1. The van der Waals surface area contributed by atoms with E-state index in [0.717, 1.165) is 32.1 Å². The number of amides is 2. The highest BCUT2D eigenvalue weighted by atomic mass is 16.6. The lowest BCUT2D eigenvalue weighted by atomic mass is 9.85. The summed E-state index contributed by atoms with van der Waals surface area (Å²) in [6.45, 7) is 0.547. The van der Waals surface area contributed by atoms with Gasteiger partial charge in [-0.15, -0.1) is 0 Å². The molecule has 1 saturated heterocycles.